The highest BCUT2D eigenvalue weighted by molar-refractivity contribution is 7.99. The van der Waals surface area contributed by atoms with Crippen LogP contribution in [0.2, 0.25) is 0 Å². The van der Waals surface area contributed by atoms with Crippen molar-refractivity contribution in [2.75, 3.05) is 5.75 Å². The first-order valence-electron chi connectivity index (χ1n) is 7.05. The second kappa shape index (κ2) is 6.62. The van der Waals surface area contributed by atoms with Gasteiger partial charge in [0.15, 0.2) is 11.0 Å². The molecule has 0 bridgehead atoms. The zero-order valence-corrected chi connectivity index (χ0v) is 13.2. The van der Waals surface area contributed by atoms with Crippen molar-refractivity contribution in [1.29, 1.82) is 0 Å². The average molecular weight is 323 g/mol. The summed E-state index contributed by atoms with van der Waals surface area (Å²) in [5.41, 5.74) is 0. The predicted molar refractivity (Wildman–Crippen MR) is 83.7 cm³/mol. The molecule has 21 heavy (non-hydrogen) atoms. The van der Waals surface area contributed by atoms with Gasteiger partial charge in [-0.15, -0.1) is 21.5 Å². The summed E-state index contributed by atoms with van der Waals surface area (Å²) in [4.78, 5) is 11.8. The molecule has 1 saturated carbocycles. The van der Waals surface area contributed by atoms with Crippen LogP contribution in [0, 0.1) is 5.92 Å². The van der Waals surface area contributed by atoms with Gasteiger partial charge in [0.1, 0.15) is 0 Å². The predicted octanol–water partition coefficient (Wildman–Crippen LogP) is 3.37. The topological polar surface area (TPSA) is 68.0 Å². The third kappa shape index (κ3) is 3.85. The summed E-state index contributed by atoms with van der Waals surface area (Å²) in [7, 11) is 0. The first-order chi connectivity index (χ1) is 10.2. The van der Waals surface area contributed by atoms with Crippen LogP contribution in [0.25, 0.3) is 10.7 Å². The van der Waals surface area contributed by atoms with Crippen LogP contribution >= 0.6 is 23.1 Å². The number of rotatable bonds is 8. The number of aromatic nitrogens is 3. The molecule has 0 aliphatic heterocycles. The maximum atomic E-state index is 10.8. The highest BCUT2D eigenvalue weighted by Gasteiger charge is 2.21. The Balaban J connectivity index is 1.76. The molecule has 0 saturated heterocycles. The lowest BCUT2D eigenvalue weighted by atomic mass is 10.2. The number of hydrogen-bond donors (Lipinski definition) is 1. The van der Waals surface area contributed by atoms with E-state index in [-0.39, 0.29) is 5.75 Å². The molecule has 112 valence electrons. The van der Waals surface area contributed by atoms with Crippen molar-refractivity contribution in [3.05, 3.63) is 17.5 Å². The van der Waals surface area contributed by atoms with Crippen molar-refractivity contribution >= 4 is 29.1 Å². The second-order valence-electron chi connectivity index (χ2n) is 5.20. The monoisotopic (exact) mass is 323 g/mol. The van der Waals surface area contributed by atoms with Gasteiger partial charge in [0.25, 0.3) is 0 Å². The standard InChI is InChI=1S/C14H17N3O2S2/c18-12(19)9-21-14-16-15-13(11-4-2-8-20-11)17(14)7-1-3-10-5-6-10/h2,4,8,10H,1,3,5-7,9H2,(H,18,19). The van der Waals surface area contributed by atoms with Gasteiger partial charge in [-0.3, -0.25) is 4.79 Å². The molecule has 2 aromatic heterocycles. The number of thiophene rings is 1. The van der Waals surface area contributed by atoms with Crippen LogP contribution < -0.4 is 0 Å². The van der Waals surface area contributed by atoms with Gasteiger partial charge < -0.3 is 9.67 Å². The molecule has 1 aliphatic rings. The fraction of sp³-hybridized carbons (Fsp3) is 0.500. The van der Waals surface area contributed by atoms with Gasteiger partial charge in [0.2, 0.25) is 0 Å². The minimum atomic E-state index is -0.829. The highest BCUT2D eigenvalue weighted by atomic mass is 32.2. The quantitative estimate of drug-likeness (QED) is 0.754. The van der Waals surface area contributed by atoms with E-state index in [4.69, 9.17) is 5.11 Å². The Labute approximate surface area is 131 Å². The Kier molecular flexibility index (Phi) is 4.60. The summed E-state index contributed by atoms with van der Waals surface area (Å²) in [5.74, 6) is 0.950. The summed E-state index contributed by atoms with van der Waals surface area (Å²) in [6.45, 7) is 0.860. The van der Waals surface area contributed by atoms with Gasteiger partial charge in [-0.2, -0.15) is 0 Å². The maximum absolute atomic E-state index is 10.8. The van der Waals surface area contributed by atoms with E-state index in [1.165, 1.54) is 31.0 Å². The molecule has 0 radical (unpaired) electrons. The molecule has 7 heteroatoms. The number of carboxylic acid groups (broad SMARTS) is 1. The molecule has 0 amide bonds. The van der Waals surface area contributed by atoms with Gasteiger partial charge in [0.05, 0.1) is 10.6 Å². The minimum Gasteiger partial charge on any atom is -0.481 e. The number of nitrogens with zero attached hydrogens (tertiary/aromatic N) is 3. The van der Waals surface area contributed by atoms with E-state index in [0.717, 1.165) is 29.6 Å². The molecule has 0 spiro atoms. The van der Waals surface area contributed by atoms with E-state index in [9.17, 15) is 4.79 Å². The van der Waals surface area contributed by atoms with Gasteiger partial charge in [0, 0.05) is 6.54 Å². The van der Waals surface area contributed by atoms with E-state index in [2.05, 4.69) is 14.8 Å². The molecule has 0 unspecified atom stereocenters. The van der Waals surface area contributed by atoms with Crippen molar-refractivity contribution in [1.82, 2.24) is 14.8 Å². The van der Waals surface area contributed by atoms with Crippen molar-refractivity contribution in [2.45, 2.75) is 37.4 Å². The summed E-state index contributed by atoms with van der Waals surface area (Å²) >= 11 is 2.87. The Hall–Kier alpha value is -1.34. The normalized spacial score (nSPS) is 14.5. The number of carboxylic acids is 1. The molecule has 3 rings (SSSR count). The van der Waals surface area contributed by atoms with Crippen LogP contribution in [0.4, 0.5) is 0 Å². The molecular weight excluding hydrogens is 306 g/mol. The second-order valence-corrected chi connectivity index (χ2v) is 7.09. The van der Waals surface area contributed by atoms with Crippen molar-refractivity contribution < 1.29 is 9.90 Å². The molecule has 2 aromatic rings. The van der Waals surface area contributed by atoms with Crippen LogP contribution in [0.1, 0.15) is 25.7 Å². The Bertz CT molecular complexity index is 606. The van der Waals surface area contributed by atoms with Crippen LogP contribution in [0.15, 0.2) is 22.7 Å². The molecule has 0 atom stereocenters. The Morgan fingerprint density at radius 1 is 1.48 bits per heavy atom. The fourth-order valence-corrected chi connectivity index (χ4v) is 3.66. The van der Waals surface area contributed by atoms with Gasteiger partial charge >= 0.3 is 5.97 Å². The first-order valence-corrected chi connectivity index (χ1v) is 8.92. The molecule has 1 N–H and O–H groups in total. The minimum absolute atomic E-state index is 0.0190. The summed E-state index contributed by atoms with van der Waals surface area (Å²) in [6, 6.07) is 4.02. The summed E-state index contributed by atoms with van der Waals surface area (Å²) in [6.07, 6.45) is 5.06. The number of carbonyl (C=O) groups is 1. The largest absolute Gasteiger partial charge is 0.481 e. The van der Waals surface area contributed by atoms with E-state index in [1.807, 2.05) is 17.5 Å². The zero-order chi connectivity index (χ0) is 14.7. The maximum Gasteiger partial charge on any atom is 0.313 e. The first kappa shape index (κ1) is 14.6. The van der Waals surface area contributed by atoms with Gasteiger partial charge in [-0.1, -0.05) is 30.7 Å². The zero-order valence-electron chi connectivity index (χ0n) is 11.6. The lowest BCUT2D eigenvalue weighted by Crippen LogP contribution is -2.05. The smallest absolute Gasteiger partial charge is 0.313 e. The van der Waals surface area contributed by atoms with E-state index < -0.39 is 5.97 Å². The lowest BCUT2D eigenvalue weighted by molar-refractivity contribution is -0.133. The van der Waals surface area contributed by atoms with Crippen LogP contribution in [-0.4, -0.2) is 31.6 Å². The molecule has 0 aromatic carbocycles. The summed E-state index contributed by atoms with van der Waals surface area (Å²) < 4.78 is 2.07. The number of hydrogen-bond acceptors (Lipinski definition) is 5. The molecule has 1 fully saturated rings. The third-order valence-electron chi connectivity index (χ3n) is 3.47. The number of thioether (sulfide) groups is 1. The fourth-order valence-electron chi connectivity index (χ4n) is 2.26. The van der Waals surface area contributed by atoms with Crippen molar-refractivity contribution in [3.8, 4) is 10.7 Å². The molecular formula is C14H17N3O2S2. The molecule has 1 aliphatic carbocycles. The third-order valence-corrected chi connectivity index (χ3v) is 5.29. The Morgan fingerprint density at radius 2 is 2.33 bits per heavy atom. The van der Waals surface area contributed by atoms with Crippen LogP contribution in [0.5, 0.6) is 0 Å². The lowest BCUT2D eigenvalue weighted by Gasteiger charge is -2.08. The SMILES string of the molecule is O=C(O)CSc1nnc(-c2cccs2)n1CCCC1CC1. The van der Waals surface area contributed by atoms with E-state index in [0.29, 0.717) is 5.16 Å². The van der Waals surface area contributed by atoms with Gasteiger partial charge in [-0.25, -0.2) is 0 Å². The summed E-state index contributed by atoms with van der Waals surface area (Å²) in [5, 5.41) is 20.0. The van der Waals surface area contributed by atoms with E-state index in [1.54, 1.807) is 11.3 Å². The van der Waals surface area contributed by atoms with Gasteiger partial charge in [-0.05, 0) is 30.2 Å². The molecule has 2 heterocycles. The van der Waals surface area contributed by atoms with E-state index >= 15 is 0 Å². The Morgan fingerprint density at radius 3 is 3.00 bits per heavy atom. The average Bonchev–Trinajstić information content (AvgIpc) is 2.98. The molecule has 5 nitrogen and oxygen atoms in total. The van der Waals surface area contributed by atoms with Crippen LogP contribution in [0.3, 0.4) is 0 Å². The van der Waals surface area contributed by atoms with Crippen molar-refractivity contribution in [3.63, 3.8) is 0 Å². The highest BCUT2D eigenvalue weighted by Crippen LogP contribution is 2.34. The van der Waals surface area contributed by atoms with Crippen molar-refractivity contribution in [2.24, 2.45) is 5.92 Å². The number of aliphatic carboxylic acids is 1. The van der Waals surface area contributed by atoms with Crippen LogP contribution in [-0.2, 0) is 11.3 Å².